The summed E-state index contributed by atoms with van der Waals surface area (Å²) in [4.78, 5) is 24.9. The maximum atomic E-state index is 12.5. The van der Waals surface area contributed by atoms with Crippen LogP contribution in [0.15, 0.2) is 89.4 Å². The molecule has 0 bridgehead atoms. The van der Waals surface area contributed by atoms with Crippen LogP contribution in [0.4, 0.5) is 0 Å². The van der Waals surface area contributed by atoms with E-state index in [4.69, 9.17) is 4.74 Å². The van der Waals surface area contributed by atoms with Gasteiger partial charge in [-0.15, -0.1) is 0 Å². The summed E-state index contributed by atoms with van der Waals surface area (Å²) >= 11 is 3.33. The molecule has 0 amide bonds. The van der Waals surface area contributed by atoms with E-state index in [1.54, 1.807) is 48.5 Å². The smallest absolute Gasteiger partial charge is 0.343 e. The number of ketones is 1. The number of carbonyl (C=O) groups excluding carboxylic acids is 2. The molecule has 3 aromatic rings. The number of esters is 1. The number of carbonyl (C=O) groups is 2. The van der Waals surface area contributed by atoms with Gasteiger partial charge in [0.15, 0.2) is 5.78 Å². The van der Waals surface area contributed by atoms with Gasteiger partial charge in [-0.3, -0.25) is 4.79 Å². The molecule has 0 aliphatic heterocycles. The molecule has 0 spiro atoms. The first-order valence-electron chi connectivity index (χ1n) is 7.98. The van der Waals surface area contributed by atoms with Gasteiger partial charge in [0.1, 0.15) is 5.75 Å². The summed E-state index contributed by atoms with van der Waals surface area (Å²) in [5.41, 5.74) is 1.66. The maximum Gasteiger partial charge on any atom is 0.343 e. The number of hydrogen-bond acceptors (Lipinski definition) is 3. The third kappa shape index (κ3) is 4.55. The molecule has 0 heterocycles. The molecule has 3 aromatic carbocycles. The quantitative estimate of drug-likeness (QED) is 0.241. The molecule has 0 saturated carbocycles. The first-order chi connectivity index (χ1) is 12.6. The van der Waals surface area contributed by atoms with E-state index in [2.05, 4.69) is 15.9 Å². The average molecular weight is 407 g/mol. The fourth-order valence-electron chi connectivity index (χ4n) is 2.36. The largest absolute Gasteiger partial charge is 0.422 e. The van der Waals surface area contributed by atoms with Crippen molar-refractivity contribution in [3.05, 3.63) is 106 Å². The number of rotatable bonds is 5. The number of benzene rings is 3. The molecule has 3 rings (SSSR count). The van der Waals surface area contributed by atoms with Crippen molar-refractivity contribution in [3.8, 4) is 5.75 Å². The van der Waals surface area contributed by atoms with Crippen molar-refractivity contribution in [2.24, 2.45) is 0 Å². The van der Waals surface area contributed by atoms with Crippen LogP contribution in [-0.2, 0) is 0 Å². The summed E-state index contributed by atoms with van der Waals surface area (Å²) < 4.78 is 6.22. The van der Waals surface area contributed by atoms with Crippen LogP contribution >= 0.6 is 15.9 Å². The lowest BCUT2D eigenvalue weighted by molar-refractivity contribution is 0.0733. The Kier molecular flexibility index (Phi) is 5.77. The summed E-state index contributed by atoms with van der Waals surface area (Å²) in [5.74, 6) is -0.509. The Bertz CT molecular complexity index is 962. The second-order valence-corrected chi connectivity index (χ2v) is 6.42. The summed E-state index contributed by atoms with van der Waals surface area (Å²) in [6, 6.07) is 23.1. The van der Waals surface area contributed by atoms with Crippen molar-refractivity contribution in [2.75, 3.05) is 0 Å². The van der Waals surface area contributed by atoms with Crippen molar-refractivity contribution >= 4 is 33.8 Å². The van der Waals surface area contributed by atoms with Gasteiger partial charge in [-0.05, 0) is 42.0 Å². The highest BCUT2D eigenvalue weighted by atomic mass is 79.9. The minimum atomic E-state index is -0.515. The molecular weight excluding hydrogens is 392 g/mol. The average Bonchev–Trinajstić information content (AvgIpc) is 2.67. The summed E-state index contributed by atoms with van der Waals surface area (Å²) in [6.45, 7) is 0. The highest BCUT2D eigenvalue weighted by Gasteiger charge is 2.14. The minimum absolute atomic E-state index is 0.230. The molecule has 0 radical (unpaired) electrons. The normalized spacial score (nSPS) is 10.7. The van der Waals surface area contributed by atoms with E-state index in [1.165, 1.54) is 6.08 Å². The minimum Gasteiger partial charge on any atom is -0.422 e. The van der Waals surface area contributed by atoms with Crippen molar-refractivity contribution < 1.29 is 14.3 Å². The molecule has 0 aliphatic rings. The van der Waals surface area contributed by atoms with Gasteiger partial charge in [-0.2, -0.15) is 0 Å². The highest BCUT2D eigenvalue weighted by molar-refractivity contribution is 9.10. The first kappa shape index (κ1) is 17.8. The van der Waals surface area contributed by atoms with Crippen molar-refractivity contribution in [3.63, 3.8) is 0 Å². The Morgan fingerprint density at radius 1 is 0.846 bits per heavy atom. The Morgan fingerprint density at radius 2 is 1.58 bits per heavy atom. The molecule has 0 saturated heterocycles. The van der Waals surface area contributed by atoms with Crippen molar-refractivity contribution in [1.29, 1.82) is 0 Å². The lowest BCUT2D eigenvalue weighted by atomic mass is 10.1. The number of hydrogen-bond donors (Lipinski definition) is 0. The second-order valence-electron chi connectivity index (χ2n) is 5.50. The molecule has 0 fully saturated rings. The SMILES string of the molecule is O=C(Oc1ccccc1C(=O)/C=C/c1ccccc1)c1cccc(Br)c1. The summed E-state index contributed by atoms with van der Waals surface area (Å²) in [7, 11) is 0. The van der Waals surface area contributed by atoms with Crippen LogP contribution in [-0.4, -0.2) is 11.8 Å². The van der Waals surface area contributed by atoms with E-state index in [0.29, 0.717) is 11.1 Å². The zero-order valence-corrected chi connectivity index (χ0v) is 15.3. The van der Waals surface area contributed by atoms with Crippen LogP contribution in [0, 0.1) is 0 Å². The van der Waals surface area contributed by atoms with E-state index < -0.39 is 5.97 Å². The van der Waals surface area contributed by atoms with Gasteiger partial charge >= 0.3 is 5.97 Å². The van der Waals surface area contributed by atoms with Crippen LogP contribution in [0.2, 0.25) is 0 Å². The molecule has 0 atom stereocenters. The standard InChI is InChI=1S/C22H15BrO3/c23-18-10-6-9-17(15-18)22(25)26-21-12-5-4-11-19(21)20(24)14-13-16-7-2-1-3-8-16/h1-15H/b14-13+. The third-order valence-corrected chi connectivity index (χ3v) is 4.14. The molecule has 0 aliphatic carbocycles. The number of allylic oxidation sites excluding steroid dienone is 1. The van der Waals surface area contributed by atoms with Gasteiger partial charge in [0.2, 0.25) is 0 Å². The fourth-order valence-corrected chi connectivity index (χ4v) is 2.76. The zero-order valence-electron chi connectivity index (χ0n) is 13.8. The van der Waals surface area contributed by atoms with Crippen LogP contribution < -0.4 is 4.74 Å². The predicted molar refractivity (Wildman–Crippen MR) is 105 cm³/mol. The van der Waals surface area contributed by atoms with Crippen LogP contribution in [0.5, 0.6) is 5.75 Å². The van der Waals surface area contributed by atoms with Crippen LogP contribution in [0.25, 0.3) is 6.08 Å². The van der Waals surface area contributed by atoms with Gasteiger partial charge in [0.25, 0.3) is 0 Å². The zero-order chi connectivity index (χ0) is 18.4. The molecule has 128 valence electrons. The second kappa shape index (κ2) is 8.41. The molecular formula is C22H15BrO3. The van der Waals surface area contributed by atoms with Crippen LogP contribution in [0.3, 0.4) is 0 Å². The molecule has 26 heavy (non-hydrogen) atoms. The Balaban J connectivity index is 1.80. The van der Waals surface area contributed by atoms with Crippen molar-refractivity contribution in [1.82, 2.24) is 0 Å². The summed E-state index contributed by atoms with van der Waals surface area (Å²) in [5, 5.41) is 0. The molecule has 0 N–H and O–H groups in total. The number of halogens is 1. The van der Waals surface area contributed by atoms with E-state index in [0.717, 1.165) is 10.0 Å². The molecule has 3 nitrogen and oxygen atoms in total. The molecule has 0 aromatic heterocycles. The monoisotopic (exact) mass is 406 g/mol. The van der Waals surface area contributed by atoms with Gasteiger partial charge in [-0.25, -0.2) is 4.79 Å². The Morgan fingerprint density at radius 3 is 2.35 bits per heavy atom. The lowest BCUT2D eigenvalue weighted by Gasteiger charge is -2.08. The first-order valence-corrected chi connectivity index (χ1v) is 8.77. The molecule has 4 heteroatoms. The Hall–Kier alpha value is -2.98. The predicted octanol–water partition coefficient (Wildman–Crippen LogP) is 5.56. The van der Waals surface area contributed by atoms with E-state index >= 15 is 0 Å². The third-order valence-electron chi connectivity index (χ3n) is 3.64. The Labute approximate surface area is 160 Å². The number of para-hydroxylation sites is 1. The number of ether oxygens (including phenoxy) is 1. The fraction of sp³-hybridized carbons (Fsp3) is 0. The van der Waals surface area contributed by atoms with E-state index in [1.807, 2.05) is 36.4 Å². The van der Waals surface area contributed by atoms with Gasteiger partial charge in [-0.1, -0.05) is 70.5 Å². The highest BCUT2D eigenvalue weighted by Crippen LogP contribution is 2.21. The molecule has 0 unspecified atom stereocenters. The van der Waals surface area contributed by atoms with Crippen LogP contribution in [0.1, 0.15) is 26.3 Å². The topological polar surface area (TPSA) is 43.4 Å². The lowest BCUT2D eigenvalue weighted by Crippen LogP contribution is -2.11. The van der Waals surface area contributed by atoms with E-state index in [-0.39, 0.29) is 11.5 Å². The maximum absolute atomic E-state index is 12.5. The van der Waals surface area contributed by atoms with Crippen molar-refractivity contribution in [2.45, 2.75) is 0 Å². The van der Waals surface area contributed by atoms with Gasteiger partial charge in [0.05, 0.1) is 11.1 Å². The van der Waals surface area contributed by atoms with E-state index in [9.17, 15) is 9.59 Å². The van der Waals surface area contributed by atoms with Gasteiger partial charge in [0, 0.05) is 4.47 Å². The van der Waals surface area contributed by atoms with Gasteiger partial charge < -0.3 is 4.74 Å². The summed E-state index contributed by atoms with van der Waals surface area (Å²) in [6.07, 6.45) is 3.20.